The maximum atomic E-state index is 11.4. The van der Waals surface area contributed by atoms with Gasteiger partial charge < -0.3 is 10.1 Å². The second-order valence-corrected chi connectivity index (χ2v) is 5.14. The predicted octanol–water partition coefficient (Wildman–Crippen LogP) is 2.35. The molecule has 0 rings (SSSR count). The summed E-state index contributed by atoms with van der Waals surface area (Å²) in [5.41, 5.74) is -0.391. The summed E-state index contributed by atoms with van der Waals surface area (Å²) < 4.78 is 5.20. The predicted molar refractivity (Wildman–Crippen MR) is 62.8 cm³/mol. The summed E-state index contributed by atoms with van der Waals surface area (Å²) in [5, 5.41) is 3.18. The highest BCUT2D eigenvalue weighted by molar-refractivity contribution is 5.72. The maximum Gasteiger partial charge on any atom is 0.320 e. The molecule has 0 aliphatic carbocycles. The summed E-state index contributed by atoms with van der Waals surface area (Å²) in [6, 6.07) is 0.350. The highest BCUT2D eigenvalue weighted by atomic mass is 16.6. The number of hydrogen-bond donors (Lipinski definition) is 1. The molecular weight excluding hydrogens is 190 g/mol. The molecule has 0 aromatic carbocycles. The Bertz CT molecular complexity index is 196. The average molecular weight is 215 g/mol. The van der Waals surface area contributed by atoms with Gasteiger partial charge in [-0.05, 0) is 33.6 Å². The molecule has 2 unspecified atom stereocenters. The van der Waals surface area contributed by atoms with Crippen molar-refractivity contribution in [1.82, 2.24) is 5.32 Å². The molecule has 0 aliphatic rings. The minimum Gasteiger partial charge on any atom is -0.459 e. The van der Waals surface area contributed by atoms with E-state index in [1.165, 1.54) is 0 Å². The maximum absolute atomic E-state index is 11.4. The van der Waals surface area contributed by atoms with Gasteiger partial charge in [-0.3, -0.25) is 4.79 Å². The molecule has 0 radical (unpaired) electrons. The van der Waals surface area contributed by atoms with Gasteiger partial charge >= 0.3 is 5.97 Å². The normalized spacial score (nSPS) is 15.9. The molecule has 15 heavy (non-hydrogen) atoms. The van der Waals surface area contributed by atoms with E-state index in [0.29, 0.717) is 18.5 Å². The summed E-state index contributed by atoms with van der Waals surface area (Å²) in [6.45, 7) is 12.3. The Hall–Kier alpha value is -0.570. The van der Waals surface area contributed by atoms with E-state index < -0.39 is 5.60 Å². The number of hydrogen-bond acceptors (Lipinski definition) is 3. The van der Waals surface area contributed by atoms with Crippen LogP contribution in [0.4, 0.5) is 0 Å². The minimum atomic E-state index is -0.391. The van der Waals surface area contributed by atoms with Crippen LogP contribution in [0.15, 0.2) is 0 Å². The molecule has 90 valence electrons. The van der Waals surface area contributed by atoms with E-state index in [1.54, 1.807) is 0 Å². The molecule has 0 bridgehead atoms. The molecule has 0 heterocycles. The Morgan fingerprint density at radius 1 is 1.33 bits per heavy atom. The van der Waals surface area contributed by atoms with Gasteiger partial charge in [-0.25, -0.2) is 0 Å². The van der Waals surface area contributed by atoms with Gasteiger partial charge in [-0.1, -0.05) is 20.3 Å². The first kappa shape index (κ1) is 14.4. The first-order valence-corrected chi connectivity index (χ1v) is 5.71. The molecule has 3 nitrogen and oxygen atoms in total. The van der Waals surface area contributed by atoms with Crippen molar-refractivity contribution in [3.05, 3.63) is 0 Å². The van der Waals surface area contributed by atoms with Crippen molar-refractivity contribution in [3.8, 4) is 0 Å². The Balaban J connectivity index is 3.81. The van der Waals surface area contributed by atoms with Crippen LogP contribution >= 0.6 is 0 Å². The van der Waals surface area contributed by atoms with Gasteiger partial charge in [-0.2, -0.15) is 0 Å². The van der Waals surface area contributed by atoms with Crippen molar-refractivity contribution in [2.45, 2.75) is 59.6 Å². The fourth-order valence-corrected chi connectivity index (χ4v) is 1.18. The summed E-state index contributed by atoms with van der Waals surface area (Å²) in [6.07, 6.45) is 1.11. The van der Waals surface area contributed by atoms with Crippen LogP contribution in [0.1, 0.15) is 48.0 Å². The molecule has 2 atom stereocenters. The fourth-order valence-electron chi connectivity index (χ4n) is 1.18. The summed E-state index contributed by atoms with van der Waals surface area (Å²) in [5.74, 6) is 0.394. The van der Waals surface area contributed by atoms with Crippen LogP contribution in [0.2, 0.25) is 0 Å². The van der Waals surface area contributed by atoms with Crippen molar-refractivity contribution in [1.29, 1.82) is 0 Å². The van der Waals surface area contributed by atoms with E-state index in [2.05, 4.69) is 26.1 Å². The zero-order valence-corrected chi connectivity index (χ0v) is 10.9. The summed E-state index contributed by atoms with van der Waals surface area (Å²) in [4.78, 5) is 11.4. The molecule has 0 spiro atoms. The van der Waals surface area contributed by atoms with Crippen molar-refractivity contribution in [2.24, 2.45) is 5.92 Å². The van der Waals surface area contributed by atoms with E-state index in [4.69, 9.17) is 4.74 Å². The van der Waals surface area contributed by atoms with E-state index in [-0.39, 0.29) is 5.97 Å². The van der Waals surface area contributed by atoms with Crippen LogP contribution < -0.4 is 5.32 Å². The van der Waals surface area contributed by atoms with E-state index in [0.717, 1.165) is 6.42 Å². The summed E-state index contributed by atoms with van der Waals surface area (Å²) in [7, 11) is 0. The van der Waals surface area contributed by atoms with E-state index >= 15 is 0 Å². The fraction of sp³-hybridized carbons (Fsp3) is 0.917. The molecule has 0 amide bonds. The van der Waals surface area contributed by atoms with Crippen LogP contribution in [0.25, 0.3) is 0 Å². The lowest BCUT2D eigenvalue weighted by molar-refractivity contribution is -0.153. The molecule has 0 saturated heterocycles. The van der Waals surface area contributed by atoms with Gasteiger partial charge in [0.2, 0.25) is 0 Å². The van der Waals surface area contributed by atoms with Crippen LogP contribution in [-0.2, 0) is 9.53 Å². The van der Waals surface area contributed by atoms with Crippen molar-refractivity contribution in [2.75, 3.05) is 6.54 Å². The Labute approximate surface area is 93.6 Å². The quantitative estimate of drug-likeness (QED) is 0.715. The molecule has 0 aromatic rings. The van der Waals surface area contributed by atoms with Crippen molar-refractivity contribution >= 4 is 5.97 Å². The Morgan fingerprint density at radius 3 is 2.27 bits per heavy atom. The first-order chi connectivity index (χ1) is 6.76. The summed E-state index contributed by atoms with van der Waals surface area (Å²) >= 11 is 0. The molecule has 0 saturated carbocycles. The van der Waals surface area contributed by atoms with Crippen molar-refractivity contribution in [3.63, 3.8) is 0 Å². The van der Waals surface area contributed by atoms with E-state index in [9.17, 15) is 4.79 Å². The highest BCUT2D eigenvalue weighted by Crippen LogP contribution is 2.08. The van der Waals surface area contributed by atoms with Gasteiger partial charge in [0.1, 0.15) is 5.60 Å². The van der Waals surface area contributed by atoms with Crippen LogP contribution in [0.5, 0.6) is 0 Å². The average Bonchev–Trinajstić information content (AvgIpc) is 2.10. The number of ether oxygens (including phenoxy) is 1. The number of rotatable bonds is 5. The third-order valence-electron chi connectivity index (χ3n) is 2.49. The van der Waals surface area contributed by atoms with Gasteiger partial charge in [0.25, 0.3) is 0 Å². The van der Waals surface area contributed by atoms with Crippen LogP contribution in [0.3, 0.4) is 0 Å². The Kier molecular flexibility index (Phi) is 5.88. The third-order valence-corrected chi connectivity index (χ3v) is 2.49. The largest absolute Gasteiger partial charge is 0.459 e. The van der Waals surface area contributed by atoms with Crippen LogP contribution in [-0.4, -0.2) is 24.2 Å². The number of nitrogens with one attached hydrogen (secondary N) is 1. The van der Waals surface area contributed by atoms with E-state index in [1.807, 2.05) is 20.8 Å². The lowest BCUT2D eigenvalue weighted by Gasteiger charge is -2.22. The zero-order chi connectivity index (χ0) is 12.1. The smallest absolute Gasteiger partial charge is 0.320 e. The van der Waals surface area contributed by atoms with Crippen LogP contribution in [0, 0.1) is 5.92 Å². The SMILES string of the molecule is CCC(C)C(C)NCC(=O)OC(C)(C)C. The lowest BCUT2D eigenvalue weighted by Crippen LogP contribution is -2.38. The van der Waals surface area contributed by atoms with Gasteiger partial charge in [-0.15, -0.1) is 0 Å². The lowest BCUT2D eigenvalue weighted by atomic mass is 10.0. The zero-order valence-electron chi connectivity index (χ0n) is 10.9. The molecule has 0 aliphatic heterocycles. The van der Waals surface area contributed by atoms with Gasteiger partial charge in [0.15, 0.2) is 0 Å². The monoisotopic (exact) mass is 215 g/mol. The minimum absolute atomic E-state index is 0.183. The molecule has 1 N–H and O–H groups in total. The molecule has 0 fully saturated rings. The number of carbonyl (C=O) groups excluding carboxylic acids is 1. The molecule has 0 aromatic heterocycles. The standard InChI is InChI=1S/C12H25NO2/c1-7-9(2)10(3)13-8-11(14)15-12(4,5)6/h9-10,13H,7-8H2,1-6H3. The molecular formula is C12H25NO2. The topological polar surface area (TPSA) is 38.3 Å². The number of esters is 1. The second kappa shape index (κ2) is 6.11. The Morgan fingerprint density at radius 2 is 1.87 bits per heavy atom. The van der Waals surface area contributed by atoms with Gasteiger partial charge in [0, 0.05) is 6.04 Å². The number of carbonyl (C=O) groups is 1. The molecule has 3 heteroatoms. The third kappa shape index (κ3) is 7.37. The highest BCUT2D eigenvalue weighted by Gasteiger charge is 2.17. The first-order valence-electron chi connectivity index (χ1n) is 5.71. The second-order valence-electron chi connectivity index (χ2n) is 5.14. The van der Waals surface area contributed by atoms with Crippen molar-refractivity contribution < 1.29 is 9.53 Å². The van der Waals surface area contributed by atoms with Gasteiger partial charge in [0.05, 0.1) is 6.54 Å².